The van der Waals surface area contributed by atoms with Crippen molar-refractivity contribution in [2.45, 2.75) is 32.7 Å². The molecule has 0 aliphatic rings. The zero-order valence-corrected chi connectivity index (χ0v) is 12.3. The van der Waals surface area contributed by atoms with Gasteiger partial charge in [-0.3, -0.25) is 0 Å². The van der Waals surface area contributed by atoms with E-state index in [-0.39, 0.29) is 0 Å². The number of hydrogen-bond donors (Lipinski definition) is 1. The highest BCUT2D eigenvalue weighted by Gasteiger charge is 2.06. The molecule has 0 heterocycles. The SMILES string of the molecule is C=CCc1ccc(OCC[NH2+][C@@H](C)CC)c(OC)c1. The quantitative estimate of drug-likeness (QED) is 0.548. The van der Waals surface area contributed by atoms with Crippen molar-refractivity contribution >= 4 is 0 Å². The van der Waals surface area contributed by atoms with Crippen molar-refractivity contribution in [2.75, 3.05) is 20.3 Å². The third-order valence-electron chi connectivity index (χ3n) is 3.20. The van der Waals surface area contributed by atoms with Gasteiger partial charge in [-0.15, -0.1) is 6.58 Å². The molecule has 0 saturated carbocycles. The van der Waals surface area contributed by atoms with Crippen LogP contribution >= 0.6 is 0 Å². The van der Waals surface area contributed by atoms with E-state index in [1.807, 2.05) is 18.2 Å². The molecule has 0 radical (unpaired) electrons. The van der Waals surface area contributed by atoms with Crippen LogP contribution in [0.5, 0.6) is 11.5 Å². The van der Waals surface area contributed by atoms with E-state index in [4.69, 9.17) is 9.47 Å². The number of allylic oxidation sites excluding steroid dienone is 1. The number of quaternary nitrogens is 1. The van der Waals surface area contributed by atoms with Crippen molar-refractivity contribution in [3.63, 3.8) is 0 Å². The average Bonchev–Trinajstić information content (AvgIpc) is 2.44. The minimum atomic E-state index is 0.653. The van der Waals surface area contributed by atoms with Crippen LogP contribution in [0, 0.1) is 0 Å². The molecule has 1 aromatic rings. The van der Waals surface area contributed by atoms with Gasteiger partial charge in [-0.05, 0) is 37.5 Å². The van der Waals surface area contributed by atoms with Crippen LogP contribution in [-0.2, 0) is 6.42 Å². The van der Waals surface area contributed by atoms with E-state index in [0.717, 1.165) is 24.5 Å². The normalized spacial score (nSPS) is 11.9. The van der Waals surface area contributed by atoms with Crippen LogP contribution in [0.1, 0.15) is 25.8 Å². The fourth-order valence-corrected chi connectivity index (χ4v) is 1.81. The maximum absolute atomic E-state index is 5.77. The summed E-state index contributed by atoms with van der Waals surface area (Å²) in [5.74, 6) is 1.61. The third kappa shape index (κ3) is 5.35. The van der Waals surface area contributed by atoms with E-state index < -0.39 is 0 Å². The molecule has 106 valence electrons. The zero-order chi connectivity index (χ0) is 14.1. The van der Waals surface area contributed by atoms with Gasteiger partial charge in [-0.25, -0.2) is 0 Å². The van der Waals surface area contributed by atoms with Gasteiger partial charge < -0.3 is 14.8 Å². The molecule has 19 heavy (non-hydrogen) atoms. The Morgan fingerprint density at radius 3 is 2.79 bits per heavy atom. The molecule has 0 saturated heterocycles. The van der Waals surface area contributed by atoms with Gasteiger partial charge in [0.1, 0.15) is 13.2 Å². The molecule has 1 rings (SSSR count). The molecule has 3 heteroatoms. The maximum Gasteiger partial charge on any atom is 0.161 e. The summed E-state index contributed by atoms with van der Waals surface area (Å²) < 4.78 is 11.1. The summed E-state index contributed by atoms with van der Waals surface area (Å²) in [7, 11) is 1.67. The molecular formula is C16H26NO2+. The predicted octanol–water partition coefficient (Wildman–Crippen LogP) is 2.16. The van der Waals surface area contributed by atoms with Crippen molar-refractivity contribution in [3.05, 3.63) is 36.4 Å². The van der Waals surface area contributed by atoms with Gasteiger partial charge in [0.2, 0.25) is 0 Å². The molecular weight excluding hydrogens is 238 g/mol. The van der Waals surface area contributed by atoms with Crippen LogP contribution < -0.4 is 14.8 Å². The summed E-state index contributed by atoms with van der Waals surface area (Å²) in [6, 6.07) is 6.69. The van der Waals surface area contributed by atoms with Gasteiger partial charge in [0.25, 0.3) is 0 Å². The van der Waals surface area contributed by atoms with E-state index in [9.17, 15) is 0 Å². The van der Waals surface area contributed by atoms with Crippen LogP contribution in [0.25, 0.3) is 0 Å². The molecule has 3 nitrogen and oxygen atoms in total. The fourth-order valence-electron chi connectivity index (χ4n) is 1.81. The van der Waals surface area contributed by atoms with E-state index in [1.54, 1.807) is 7.11 Å². The zero-order valence-electron chi connectivity index (χ0n) is 12.3. The first-order chi connectivity index (χ1) is 9.21. The molecule has 1 aromatic carbocycles. The summed E-state index contributed by atoms with van der Waals surface area (Å²) in [5, 5.41) is 2.30. The Hall–Kier alpha value is -1.48. The monoisotopic (exact) mass is 264 g/mol. The summed E-state index contributed by atoms with van der Waals surface area (Å²) >= 11 is 0. The first-order valence-electron chi connectivity index (χ1n) is 6.95. The van der Waals surface area contributed by atoms with E-state index in [1.165, 1.54) is 12.0 Å². The summed E-state index contributed by atoms with van der Waals surface area (Å²) in [4.78, 5) is 0. The largest absolute Gasteiger partial charge is 0.493 e. The Labute approximate surface area is 116 Å². The summed E-state index contributed by atoms with van der Waals surface area (Å²) in [5.41, 5.74) is 1.19. The average molecular weight is 264 g/mol. The number of nitrogens with two attached hydrogens (primary N) is 1. The number of benzene rings is 1. The summed E-state index contributed by atoms with van der Waals surface area (Å²) in [6.07, 6.45) is 3.91. The molecule has 1 atom stereocenters. The van der Waals surface area contributed by atoms with Gasteiger partial charge in [-0.1, -0.05) is 19.1 Å². The number of methoxy groups -OCH3 is 1. The van der Waals surface area contributed by atoms with Crippen molar-refractivity contribution in [1.82, 2.24) is 0 Å². The lowest BCUT2D eigenvalue weighted by Gasteiger charge is -2.12. The smallest absolute Gasteiger partial charge is 0.161 e. The van der Waals surface area contributed by atoms with Crippen molar-refractivity contribution in [2.24, 2.45) is 0 Å². The molecule has 0 aliphatic heterocycles. The Kier molecular flexibility index (Phi) is 7.04. The van der Waals surface area contributed by atoms with E-state index in [2.05, 4.69) is 31.8 Å². The molecule has 0 aliphatic carbocycles. The second kappa shape index (κ2) is 8.59. The standard InChI is InChI=1S/C16H25NO2/c1-5-7-14-8-9-15(16(12-14)18-4)19-11-10-17-13(3)6-2/h5,8-9,12-13,17H,1,6-7,10-11H2,2-4H3/p+1/t13-/m0/s1. The van der Waals surface area contributed by atoms with Crippen molar-refractivity contribution < 1.29 is 14.8 Å². The van der Waals surface area contributed by atoms with Crippen molar-refractivity contribution in [1.29, 1.82) is 0 Å². The molecule has 0 aromatic heterocycles. The second-order valence-corrected chi connectivity index (χ2v) is 4.74. The van der Waals surface area contributed by atoms with E-state index >= 15 is 0 Å². The minimum Gasteiger partial charge on any atom is -0.493 e. The number of rotatable bonds is 9. The van der Waals surface area contributed by atoms with Gasteiger partial charge in [0, 0.05) is 0 Å². The summed E-state index contributed by atoms with van der Waals surface area (Å²) in [6.45, 7) is 9.83. The highest BCUT2D eigenvalue weighted by atomic mass is 16.5. The molecule has 0 amide bonds. The fraction of sp³-hybridized carbons (Fsp3) is 0.500. The molecule has 0 unspecified atom stereocenters. The molecule has 0 bridgehead atoms. The van der Waals surface area contributed by atoms with Gasteiger partial charge in [0.05, 0.1) is 13.2 Å². The Balaban J connectivity index is 2.50. The van der Waals surface area contributed by atoms with Crippen LogP contribution in [0.15, 0.2) is 30.9 Å². The third-order valence-corrected chi connectivity index (χ3v) is 3.20. The first kappa shape index (κ1) is 15.6. The predicted molar refractivity (Wildman–Crippen MR) is 78.9 cm³/mol. The minimum absolute atomic E-state index is 0.653. The number of ether oxygens (including phenoxy) is 2. The Morgan fingerprint density at radius 2 is 2.16 bits per heavy atom. The second-order valence-electron chi connectivity index (χ2n) is 4.74. The van der Waals surface area contributed by atoms with Crippen LogP contribution in [0.2, 0.25) is 0 Å². The lowest BCUT2D eigenvalue weighted by Crippen LogP contribution is -2.90. The molecule has 0 fully saturated rings. The Morgan fingerprint density at radius 1 is 1.37 bits per heavy atom. The maximum atomic E-state index is 5.77. The van der Waals surface area contributed by atoms with Crippen LogP contribution in [0.3, 0.4) is 0 Å². The first-order valence-corrected chi connectivity index (χ1v) is 6.95. The van der Waals surface area contributed by atoms with E-state index in [0.29, 0.717) is 12.6 Å². The topological polar surface area (TPSA) is 35.1 Å². The van der Waals surface area contributed by atoms with Crippen LogP contribution in [0.4, 0.5) is 0 Å². The highest BCUT2D eigenvalue weighted by Crippen LogP contribution is 2.28. The Bertz CT molecular complexity index is 390. The lowest BCUT2D eigenvalue weighted by atomic mass is 10.1. The van der Waals surface area contributed by atoms with Crippen molar-refractivity contribution in [3.8, 4) is 11.5 Å². The molecule has 2 N–H and O–H groups in total. The van der Waals surface area contributed by atoms with Gasteiger partial charge in [0.15, 0.2) is 11.5 Å². The lowest BCUT2D eigenvalue weighted by molar-refractivity contribution is -0.686. The molecule has 0 spiro atoms. The van der Waals surface area contributed by atoms with Gasteiger partial charge >= 0.3 is 0 Å². The number of hydrogen-bond acceptors (Lipinski definition) is 2. The van der Waals surface area contributed by atoms with Crippen LogP contribution in [-0.4, -0.2) is 26.3 Å². The highest BCUT2D eigenvalue weighted by molar-refractivity contribution is 5.43. The van der Waals surface area contributed by atoms with Gasteiger partial charge in [-0.2, -0.15) is 0 Å².